The molecule has 0 aromatic carbocycles. The molecule has 0 aromatic heterocycles. The molecule has 7 heteroatoms. The average molecular weight is 291 g/mol. The zero-order valence-electron chi connectivity index (χ0n) is 11.1. The molecule has 2 rings (SSSR count). The van der Waals surface area contributed by atoms with Gasteiger partial charge in [-0.05, 0) is 32.6 Å². The SMILES string of the molecule is CC1CCC(C(=O)O)CN1S(=O)(=O)CC1CCCO1. The van der Waals surface area contributed by atoms with Crippen LogP contribution in [0.3, 0.4) is 0 Å². The summed E-state index contributed by atoms with van der Waals surface area (Å²) in [6.45, 7) is 2.55. The van der Waals surface area contributed by atoms with Crippen molar-refractivity contribution in [3.63, 3.8) is 0 Å². The highest BCUT2D eigenvalue weighted by Crippen LogP contribution is 2.26. The van der Waals surface area contributed by atoms with Gasteiger partial charge in [-0.15, -0.1) is 0 Å². The molecule has 0 aliphatic carbocycles. The molecule has 0 spiro atoms. The summed E-state index contributed by atoms with van der Waals surface area (Å²) in [5.74, 6) is -1.52. The molecular weight excluding hydrogens is 270 g/mol. The Morgan fingerprint density at radius 2 is 2.11 bits per heavy atom. The number of piperidine rings is 1. The lowest BCUT2D eigenvalue weighted by atomic mass is 9.96. The van der Waals surface area contributed by atoms with Crippen LogP contribution < -0.4 is 0 Å². The van der Waals surface area contributed by atoms with Crippen LogP contribution in [0.1, 0.15) is 32.6 Å². The molecule has 1 N–H and O–H groups in total. The molecule has 0 radical (unpaired) electrons. The zero-order valence-corrected chi connectivity index (χ0v) is 11.9. The van der Waals surface area contributed by atoms with Gasteiger partial charge in [0.25, 0.3) is 0 Å². The number of carbonyl (C=O) groups is 1. The Labute approximate surface area is 113 Å². The molecule has 2 aliphatic heterocycles. The van der Waals surface area contributed by atoms with Gasteiger partial charge in [-0.25, -0.2) is 8.42 Å². The van der Waals surface area contributed by atoms with Crippen LogP contribution in [0, 0.1) is 5.92 Å². The molecule has 19 heavy (non-hydrogen) atoms. The molecule has 0 amide bonds. The average Bonchev–Trinajstić information content (AvgIpc) is 2.81. The largest absolute Gasteiger partial charge is 0.481 e. The van der Waals surface area contributed by atoms with Crippen molar-refractivity contribution in [2.75, 3.05) is 18.9 Å². The molecule has 6 nitrogen and oxygen atoms in total. The second-order valence-corrected chi connectivity index (χ2v) is 7.41. The van der Waals surface area contributed by atoms with E-state index in [0.29, 0.717) is 19.4 Å². The molecule has 0 bridgehead atoms. The third-order valence-corrected chi connectivity index (χ3v) is 5.97. The van der Waals surface area contributed by atoms with Crippen molar-refractivity contribution in [2.45, 2.75) is 44.8 Å². The third kappa shape index (κ3) is 3.46. The topological polar surface area (TPSA) is 83.9 Å². The van der Waals surface area contributed by atoms with E-state index in [1.54, 1.807) is 0 Å². The number of sulfonamides is 1. The predicted molar refractivity (Wildman–Crippen MR) is 69.3 cm³/mol. The number of carboxylic acids is 1. The normalized spacial score (nSPS) is 33.4. The van der Waals surface area contributed by atoms with E-state index in [1.165, 1.54) is 4.31 Å². The van der Waals surface area contributed by atoms with E-state index in [9.17, 15) is 13.2 Å². The van der Waals surface area contributed by atoms with Crippen molar-refractivity contribution >= 4 is 16.0 Å². The Morgan fingerprint density at radius 1 is 1.37 bits per heavy atom. The quantitative estimate of drug-likeness (QED) is 0.823. The maximum Gasteiger partial charge on any atom is 0.307 e. The number of ether oxygens (including phenoxy) is 1. The van der Waals surface area contributed by atoms with Crippen LogP contribution in [0.25, 0.3) is 0 Å². The highest BCUT2D eigenvalue weighted by atomic mass is 32.2. The standard InChI is InChI=1S/C12H21NO5S/c1-9-4-5-10(12(14)15)7-13(9)19(16,17)8-11-3-2-6-18-11/h9-11H,2-8H2,1H3,(H,14,15). The Balaban J connectivity index is 2.06. The summed E-state index contributed by atoms with van der Waals surface area (Å²) >= 11 is 0. The first-order chi connectivity index (χ1) is 8.90. The van der Waals surface area contributed by atoms with Gasteiger partial charge in [0.2, 0.25) is 10.0 Å². The zero-order chi connectivity index (χ0) is 14.0. The number of carboxylic acid groups (broad SMARTS) is 1. The van der Waals surface area contributed by atoms with Gasteiger partial charge in [0.15, 0.2) is 0 Å². The van der Waals surface area contributed by atoms with Crippen molar-refractivity contribution in [2.24, 2.45) is 5.92 Å². The Hall–Kier alpha value is -0.660. The number of nitrogens with zero attached hydrogens (tertiary/aromatic N) is 1. The molecule has 2 saturated heterocycles. The first kappa shape index (κ1) is 14.7. The minimum absolute atomic E-state index is 0.0241. The second-order valence-electron chi connectivity index (χ2n) is 5.44. The fourth-order valence-electron chi connectivity index (χ4n) is 2.77. The fourth-order valence-corrected chi connectivity index (χ4v) is 4.76. The maximum atomic E-state index is 12.4. The van der Waals surface area contributed by atoms with Gasteiger partial charge in [-0.3, -0.25) is 4.79 Å². The minimum atomic E-state index is -3.44. The van der Waals surface area contributed by atoms with Crippen LogP contribution in [0.5, 0.6) is 0 Å². The Morgan fingerprint density at radius 3 is 2.68 bits per heavy atom. The molecule has 3 unspecified atom stereocenters. The first-order valence-electron chi connectivity index (χ1n) is 6.74. The number of aliphatic carboxylic acids is 1. The molecule has 110 valence electrons. The van der Waals surface area contributed by atoms with Gasteiger partial charge in [0.1, 0.15) is 0 Å². The molecule has 2 aliphatic rings. The highest BCUT2D eigenvalue weighted by Gasteiger charge is 2.38. The van der Waals surface area contributed by atoms with Crippen LogP contribution in [0.15, 0.2) is 0 Å². The number of rotatable bonds is 4. The van der Waals surface area contributed by atoms with E-state index in [1.807, 2.05) is 6.92 Å². The van der Waals surface area contributed by atoms with Crippen molar-refractivity contribution in [1.82, 2.24) is 4.31 Å². The molecule has 0 aromatic rings. The molecule has 3 atom stereocenters. The van der Waals surface area contributed by atoms with Gasteiger partial charge in [0, 0.05) is 19.2 Å². The van der Waals surface area contributed by atoms with Crippen LogP contribution in [-0.2, 0) is 19.6 Å². The van der Waals surface area contributed by atoms with Crippen molar-refractivity contribution in [1.29, 1.82) is 0 Å². The Bertz CT molecular complexity index is 429. The van der Waals surface area contributed by atoms with Crippen molar-refractivity contribution < 1.29 is 23.1 Å². The van der Waals surface area contributed by atoms with Gasteiger partial charge in [0.05, 0.1) is 17.8 Å². The third-order valence-electron chi connectivity index (χ3n) is 3.95. The lowest BCUT2D eigenvalue weighted by Gasteiger charge is -2.35. The fraction of sp³-hybridized carbons (Fsp3) is 0.917. The van der Waals surface area contributed by atoms with E-state index in [-0.39, 0.29) is 24.4 Å². The number of hydrogen-bond donors (Lipinski definition) is 1. The van der Waals surface area contributed by atoms with E-state index in [0.717, 1.165) is 12.8 Å². The van der Waals surface area contributed by atoms with Crippen LogP contribution in [0.4, 0.5) is 0 Å². The first-order valence-corrected chi connectivity index (χ1v) is 8.35. The van der Waals surface area contributed by atoms with E-state index >= 15 is 0 Å². The van der Waals surface area contributed by atoms with Crippen LogP contribution in [0.2, 0.25) is 0 Å². The van der Waals surface area contributed by atoms with E-state index in [4.69, 9.17) is 9.84 Å². The van der Waals surface area contributed by atoms with Crippen LogP contribution >= 0.6 is 0 Å². The summed E-state index contributed by atoms with van der Waals surface area (Å²) in [5.41, 5.74) is 0. The van der Waals surface area contributed by atoms with Crippen molar-refractivity contribution in [3.8, 4) is 0 Å². The molecule has 2 heterocycles. The monoisotopic (exact) mass is 291 g/mol. The smallest absolute Gasteiger partial charge is 0.307 e. The minimum Gasteiger partial charge on any atom is -0.481 e. The molecule has 0 saturated carbocycles. The van der Waals surface area contributed by atoms with Gasteiger partial charge < -0.3 is 9.84 Å². The predicted octanol–water partition coefficient (Wildman–Crippen LogP) is 0.680. The lowest BCUT2D eigenvalue weighted by Crippen LogP contribution is -2.49. The highest BCUT2D eigenvalue weighted by molar-refractivity contribution is 7.89. The summed E-state index contributed by atoms with van der Waals surface area (Å²) in [6, 6.07) is -0.123. The van der Waals surface area contributed by atoms with E-state index < -0.39 is 21.9 Å². The number of hydrogen-bond acceptors (Lipinski definition) is 4. The van der Waals surface area contributed by atoms with E-state index in [2.05, 4.69) is 0 Å². The molecule has 2 fully saturated rings. The Kier molecular flexibility index (Phi) is 4.47. The lowest BCUT2D eigenvalue weighted by molar-refractivity contribution is -0.143. The second kappa shape index (κ2) is 5.76. The van der Waals surface area contributed by atoms with Gasteiger partial charge in [-0.1, -0.05) is 0 Å². The maximum absolute atomic E-state index is 12.4. The summed E-state index contributed by atoms with van der Waals surface area (Å²) in [4.78, 5) is 11.0. The summed E-state index contributed by atoms with van der Waals surface area (Å²) in [5, 5.41) is 9.05. The van der Waals surface area contributed by atoms with Crippen molar-refractivity contribution in [3.05, 3.63) is 0 Å². The summed E-state index contributed by atoms with van der Waals surface area (Å²) in [6.07, 6.45) is 2.57. The molecular formula is C12H21NO5S. The summed E-state index contributed by atoms with van der Waals surface area (Å²) in [7, 11) is -3.44. The summed E-state index contributed by atoms with van der Waals surface area (Å²) < 4.78 is 31.5. The van der Waals surface area contributed by atoms with Gasteiger partial charge >= 0.3 is 5.97 Å². The van der Waals surface area contributed by atoms with Gasteiger partial charge in [-0.2, -0.15) is 4.31 Å². The van der Waals surface area contributed by atoms with Crippen LogP contribution in [-0.4, -0.2) is 54.8 Å².